The molecular formula is C18H36N2O. The fourth-order valence-electron chi connectivity index (χ4n) is 2.94. The summed E-state index contributed by atoms with van der Waals surface area (Å²) in [5.74, 6) is 0.949. The molecule has 1 fully saturated rings. The van der Waals surface area contributed by atoms with Crippen LogP contribution in [-0.4, -0.2) is 50.8 Å². The average Bonchev–Trinajstić information content (AvgIpc) is 2.40. The largest absolute Gasteiger partial charge is 0.383 e. The summed E-state index contributed by atoms with van der Waals surface area (Å²) in [6, 6.07) is 1.07. The van der Waals surface area contributed by atoms with Gasteiger partial charge in [-0.25, -0.2) is 0 Å². The topological polar surface area (TPSA) is 24.5 Å². The second-order valence-corrected chi connectivity index (χ2v) is 6.66. The van der Waals surface area contributed by atoms with E-state index in [1.807, 2.05) is 0 Å². The second kappa shape index (κ2) is 11.2. The van der Waals surface area contributed by atoms with E-state index >= 15 is 0 Å². The van der Waals surface area contributed by atoms with Crippen molar-refractivity contribution in [2.45, 2.75) is 64.5 Å². The number of nitrogens with one attached hydrogen (secondary N) is 1. The zero-order valence-electron chi connectivity index (χ0n) is 14.6. The molecule has 0 radical (unpaired) electrons. The third-order valence-electron chi connectivity index (χ3n) is 4.43. The summed E-state index contributed by atoms with van der Waals surface area (Å²) in [4.78, 5) is 2.39. The van der Waals surface area contributed by atoms with Gasteiger partial charge in [0.1, 0.15) is 0 Å². The van der Waals surface area contributed by atoms with Crippen LogP contribution in [0.3, 0.4) is 0 Å². The molecule has 21 heavy (non-hydrogen) atoms. The fourth-order valence-corrected chi connectivity index (χ4v) is 2.94. The standard InChI is InChI=1S/C18H36N2O/c1-5-6-7-9-16(2)19-18(14-17-10-8-11-17)15-20(3)12-13-21-4/h7,9,16-19H,5-6,8,10-15H2,1-4H3/b9-7+/t16-,18+/m1/s1. The van der Waals surface area contributed by atoms with Gasteiger partial charge in [0.25, 0.3) is 0 Å². The molecule has 0 aliphatic heterocycles. The highest BCUT2D eigenvalue weighted by Gasteiger charge is 2.23. The molecule has 0 saturated heterocycles. The Labute approximate surface area is 132 Å². The summed E-state index contributed by atoms with van der Waals surface area (Å²) >= 11 is 0. The van der Waals surface area contributed by atoms with Gasteiger partial charge in [-0.3, -0.25) is 0 Å². The minimum atomic E-state index is 0.470. The van der Waals surface area contributed by atoms with Gasteiger partial charge in [0.2, 0.25) is 0 Å². The summed E-state index contributed by atoms with van der Waals surface area (Å²) in [5.41, 5.74) is 0. The van der Waals surface area contributed by atoms with Crippen molar-refractivity contribution in [1.29, 1.82) is 0 Å². The Morgan fingerprint density at radius 3 is 2.71 bits per heavy atom. The highest BCUT2D eigenvalue weighted by Crippen LogP contribution is 2.30. The Kier molecular flexibility index (Phi) is 9.98. The van der Waals surface area contributed by atoms with E-state index in [4.69, 9.17) is 4.74 Å². The van der Waals surface area contributed by atoms with Gasteiger partial charge in [-0.2, -0.15) is 0 Å². The minimum Gasteiger partial charge on any atom is -0.383 e. The van der Waals surface area contributed by atoms with E-state index in [2.05, 4.69) is 43.3 Å². The van der Waals surface area contributed by atoms with Crippen molar-refractivity contribution in [3.8, 4) is 0 Å². The molecule has 2 atom stereocenters. The maximum absolute atomic E-state index is 5.18. The normalized spacial score (nSPS) is 19.1. The van der Waals surface area contributed by atoms with E-state index in [1.165, 1.54) is 38.5 Å². The predicted octanol–water partition coefficient (Wildman–Crippen LogP) is 3.46. The Balaban J connectivity index is 2.38. The molecule has 0 unspecified atom stereocenters. The third kappa shape index (κ3) is 8.60. The Hall–Kier alpha value is -0.380. The number of allylic oxidation sites excluding steroid dienone is 1. The lowest BCUT2D eigenvalue weighted by Crippen LogP contribution is -2.45. The summed E-state index contributed by atoms with van der Waals surface area (Å²) < 4.78 is 5.18. The number of unbranched alkanes of at least 4 members (excludes halogenated alkanes) is 1. The number of methoxy groups -OCH3 is 1. The molecule has 0 aromatic heterocycles. The highest BCUT2D eigenvalue weighted by molar-refractivity contribution is 4.93. The van der Waals surface area contributed by atoms with Crippen molar-refractivity contribution < 1.29 is 4.74 Å². The summed E-state index contributed by atoms with van der Waals surface area (Å²) in [6.45, 7) is 7.45. The van der Waals surface area contributed by atoms with Gasteiger partial charge in [0.15, 0.2) is 0 Å². The molecule has 3 heteroatoms. The lowest BCUT2D eigenvalue weighted by molar-refractivity contribution is 0.147. The molecule has 1 saturated carbocycles. The first kappa shape index (κ1) is 18.7. The molecule has 124 valence electrons. The van der Waals surface area contributed by atoms with Crippen molar-refractivity contribution in [3.05, 3.63) is 12.2 Å². The molecular weight excluding hydrogens is 260 g/mol. The van der Waals surface area contributed by atoms with E-state index < -0.39 is 0 Å². The lowest BCUT2D eigenvalue weighted by atomic mass is 9.80. The van der Waals surface area contributed by atoms with E-state index in [1.54, 1.807) is 7.11 Å². The van der Waals surface area contributed by atoms with Gasteiger partial charge in [0.05, 0.1) is 6.61 Å². The second-order valence-electron chi connectivity index (χ2n) is 6.66. The van der Waals surface area contributed by atoms with Crippen LogP contribution in [0.4, 0.5) is 0 Å². The van der Waals surface area contributed by atoms with Crippen LogP contribution < -0.4 is 5.32 Å². The maximum Gasteiger partial charge on any atom is 0.0589 e. The highest BCUT2D eigenvalue weighted by atomic mass is 16.5. The SMILES string of the molecule is CCC/C=C/[C@@H](C)N[C@@H](CC1CCC1)CN(C)CCOC. The van der Waals surface area contributed by atoms with Gasteiger partial charge in [0, 0.05) is 32.3 Å². The van der Waals surface area contributed by atoms with Crippen molar-refractivity contribution in [2.24, 2.45) is 5.92 Å². The van der Waals surface area contributed by atoms with E-state index in [0.29, 0.717) is 12.1 Å². The van der Waals surface area contributed by atoms with Gasteiger partial charge in [-0.1, -0.05) is 44.8 Å². The molecule has 0 spiro atoms. The maximum atomic E-state index is 5.18. The molecule has 0 heterocycles. The molecule has 1 aliphatic rings. The molecule has 3 nitrogen and oxygen atoms in total. The zero-order valence-corrected chi connectivity index (χ0v) is 14.6. The molecule has 0 bridgehead atoms. The molecule has 1 N–H and O–H groups in total. The molecule has 0 amide bonds. The van der Waals surface area contributed by atoms with Crippen LogP contribution in [0.25, 0.3) is 0 Å². The monoisotopic (exact) mass is 296 g/mol. The van der Waals surface area contributed by atoms with Gasteiger partial charge >= 0.3 is 0 Å². The van der Waals surface area contributed by atoms with Crippen LogP contribution in [0.15, 0.2) is 12.2 Å². The Morgan fingerprint density at radius 1 is 1.38 bits per heavy atom. The van der Waals surface area contributed by atoms with Crippen LogP contribution in [0, 0.1) is 5.92 Å². The van der Waals surface area contributed by atoms with Crippen LogP contribution >= 0.6 is 0 Å². The molecule has 1 aliphatic carbocycles. The number of ether oxygens (including phenoxy) is 1. The summed E-state index contributed by atoms with van der Waals surface area (Å²) in [7, 11) is 3.98. The quantitative estimate of drug-likeness (QED) is 0.558. The number of likely N-dealkylation sites (N-methyl/N-ethyl adjacent to an activating group) is 1. The van der Waals surface area contributed by atoms with Crippen molar-refractivity contribution in [3.63, 3.8) is 0 Å². The summed E-state index contributed by atoms with van der Waals surface area (Å²) in [6.07, 6.45) is 12.7. The Morgan fingerprint density at radius 2 is 2.14 bits per heavy atom. The van der Waals surface area contributed by atoms with Crippen LogP contribution in [0.1, 0.15) is 52.4 Å². The molecule has 0 aromatic carbocycles. The lowest BCUT2D eigenvalue weighted by Gasteiger charge is -2.33. The number of hydrogen-bond donors (Lipinski definition) is 1. The third-order valence-corrected chi connectivity index (χ3v) is 4.43. The number of rotatable bonds is 12. The van der Waals surface area contributed by atoms with Crippen molar-refractivity contribution >= 4 is 0 Å². The average molecular weight is 296 g/mol. The van der Waals surface area contributed by atoms with E-state index in [-0.39, 0.29) is 0 Å². The van der Waals surface area contributed by atoms with E-state index in [0.717, 1.165) is 25.6 Å². The van der Waals surface area contributed by atoms with Crippen molar-refractivity contribution in [1.82, 2.24) is 10.2 Å². The summed E-state index contributed by atoms with van der Waals surface area (Å²) in [5, 5.41) is 3.81. The van der Waals surface area contributed by atoms with E-state index in [9.17, 15) is 0 Å². The Bertz CT molecular complexity index is 276. The smallest absolute Gasteiger partial charge is 0.0589 e. The van der Waals surface area contributed by atoms with Crippen LogP contribution in [-0.2, 0) is 4.74 Å². The van der Waals surface area contributed by atoms with Gasteiger partial charge in [-0.05, 0) is 32.7 Å². The molecule has 1 rings (SSSR count). The molecule has 0 aromatic rings. The zero-order chi connectivity index (χ0) is 15.5. The fraction of sp³-hybridized carbons (Fsp3) is 0.889. The first-order chi connectivity index (χ1) is 10.2. The van der Waals surface area contributed by atoms with Gasteiger partial charge < -0.3 is 15.0 Å². The predicted molar refractivity (Wildman–Crippen MR) is 91.8 cm³/mol. The van der Waals surface area contributed by atoms with Crippen LogP contribution in [0.2, 0.25) is 0 Å². The first-order valence-electron chi connectivity index (χ1n) is 8.75. The first-order valence-corrected chi connectivity index (χ1v) is 8.75. The van der Waals surface area contributed by atoms with Crippen molar-refractivity contribution in [2.75, 3.05) is 33.9 Å². The van der Waals surface area contributed by atoms with Crippen LogP contribution in [0.5, 0.6) is 0 Å². The minimum absolute atomic E-state index is 0.470. The van der Waals surface area contributed by atoms with Gasteiger partial charge in [-0.15, -0.1) is 0 Å². The number of hydrogen-bond acceptors (Lipinski definition) is 3. The number of nitrogens with zero attached hydrogens (tertiary/aromatic N) is 1.